The SMILES string of the molecule is CC(=O)c1nn(-c2c(Cl)cc(C(F)(F)F)cc2Cl)cc1C(=O)C(C)(C)C. The van der Waals surface area contributed by atoms with E-state index in [4.69, 9.17) is 23.2 Å². The van der Waals surface area contributed by atoms with Gasteiger partial charge in [-0.15, -0.1) is 0 Å². The van der Waals surface area contributed by atoms with Crippen molar-refractivity contribution in [3.05, 3.63) is 45.2 Å². The quantitative estimate of drug-likeness (QED) is 0.620. The lowest BCUT2D eigenvalue weighted by Gasteiger charge is -2.15. The fourth-order valence-corrected chi connectivity index (χ4v) is 2.93. The molecule has 4 nitrogen and oxygen atoms in total. The van der Waals surface area contributed by atoms with Crippen molar-refractivity contribution >= 4 is 34.8 Å². The normalized spacial score (nSPS) is 12.3. The molecule has 2 rings (SSSR count). The Morgan fingerprint density at radius 2 is 1.58 bits per heavy atom. The summed E-state index contributed by atoms with van der Waals surface area (Å²) in [6.07, 6.45) is -3.36. The Labute approximate surface area is 157 Å². The summed E-state index contributed by atoms with van der Waals surface area (Å²) < 4.78 is 39.6. The van der Waals surface area contributed by atoms with Crippen molar-refractivity contribution in [2.45, 2.75) is 33.9 Å². The highest BCUT2D eigenvalue weighted by molar-refractivity contribution is 6.37. The molecule has 0 saturated heterocycles. The first kappa shape index (κ1) is 20.5. The minimum atomic E-state index is -4.62. The van der Waals surface area contributed by atoms with E-state index in [1.54, 1.807) is 20.8 Å². The summed E-state index contributed by atoms with van der Waals surface area (Å²) in [6.45, 7) is 6.26. The standard InChI is InChI=1S/C17H15Cl2F3N2O2/c1-8(25)13-10(15(26)16(2,3)4)7-24(23-13)14-11(18)5-9(6-12(14)19)17(20,21)22/h5-7H,1-4H3. The van der Waals surface area contributed by atoms with Crippen molar-refractivity contribution in [1.82, 2.24) is 9.78 Å². The van der Waals surface area contributed by atoms with Gasteiger partial charge in [-0.3, -0.25) is 9.59 Å². The van der Waals surface area contributed by atoms with Crippen LogP contribution in [0.2, 0.25) is 10.0 Å². The summed E-state index contributed by atoms with van der Waals surface area (Å²) >= 11 is 11.9. The van der Waals surface area contributed by atoms with Gasteiger partial charge in [0.2, 0.25) is 0 Å². The molecule has 26 heavy (non-hydrogen) atoms. The molecule has 0 saturated carbocycles. The minimum absolute atomic E-state index is 0.0446. The number of ketones is 2. The van der Waals surface area contributed by atoms with E-state index in [2.05, 4.69) is 5.10 Å². The van der Waals surface area contributed by atoms with Crippen LogP contribution >= 0.6 is 23.2 Å². The highest BCUT2D eigenvalue weighted by Gasteiger charge is 2.33. The van der Waals surface area contributed by atoms with E-state index in [1.807, 2.05) is 0 Å². The number of benzene rings is 1. The Balaban J connectivity index is 2.68. The molecule has 2 aromatic rings. The van der Waals surface area contributed by atoms with E-state index >= 15 is 0 Å². The number of carbonyl (C=O) groups excluding carboxylic acids is 2. The molecule has 0 bridgehead atoms. The second-order valence-electron chi connectivity index (χ2n) is 6.76. The fourth-order valence-electron chi connectivity index (χ4n) is 2.27. The molecule has 0 amide bonds. The summed E-state index contributed by atoms with van der Waals surface area (Å²) in [5.74, 6) is -0.802. The predicted molar refractivity (Wildman–Crippen MR) is 92.4 cm³/mol. The molecule has 1 aromatic carbocycles. The van der Waals surface area contributed by atoms with Crippen molar-refractivity contribution < 1.29 is 22.8 Å². The second kappa shape index (κ2) is 6.70. The Morgan fingerprint density at radius 3 is 1.96 bits per heavy atom. The monoisotopic (exact) mass is 406 g/mol. The summed E-state index contributed by atoms with van der Waals surface area (Å²) in [6, 6.07) is 1.42. The average Bonchev–Trinajstić information content (AvgIpc) is 2.88. The predicted octanol–water partition coefficient (Wildman–Crippen LogP) is 5.63. The number of carbonyl (C=O) groups is 2. The van der Waals surface area contributed by atoms with E-state index in [1.165, 1.54) is 13.1 Å². The van der Waals surface area contributed by atoms with Crippen LogP contribution in [0.15, 0.2) is 18.3 Å². The molecule has 0 aliphatic heterocycles. The largest absolute Gasteiger partial charge is 0.416 e. The molecule has 1 heterocycles. The van der Waals surface area contributed by atoms with Crippen molar-refractivity contribution in [2.75, 3.05) is 0 Å². The van der Waals surface area contributed by atoms with Crippen LogP contribution in [0.25, 0.3) is 5.69 Å². The van der Waals surface area contributed by atoms with E-state index in [0.717, 1.165) is 4.68 Å². The Kier molecular flexibility index (Phi) is 5.27. The summed E-state index contributed by atoms with van der Waals surface area (Å²) in [4.78, 5) is 24.4. The van der Waals surface area contributed by atoms with Gasteiger partial charge in [0.25, 0.3) is 0 Å². The zero-order valence-electron chi connectivity index (χ0n) is 14.3. The maximum Gasteiger partial charge on any atom is 0.416 e. The number of rotatable bonds is 3. The third-order valence-corrected chi connectivity index (χ3v) is 4.12. The lowest BCUT2D eigenvalue weighted by atomic mass is 9.86. The number of halogens is 5. The smallest absolute Gasteiger partial charge is 0.293 e. The summed E-state index contributed by atoms with van der Waals surface area (Å²) in [7, 11) is 0. The maximum atomic E-state index is 12.9. The van der Waals surface area contributed by atoms with E-state index in [-0.39, 0.29) is 32.8 Å². The van der Waals surface area contributed by atoms with Crippen LogP contribution in [-0.2, 0) is 6.18 Å². The number of nitrogens with zero attached hydrogens (tertiary/aromatic N) is 2. The Morgan fingerprint density at radius 1 is 1.08 bits per heavy atom. The minimum Gasteiger partial charge on any atom is -0.293 e. The molecule has 0 radical (unpaired) electrons. The van der Waals surface area contributed by atoms with Gasteiger partial charge in [-0.25, -0.2) is 4.68 Å². The molecule has 1 aromatic heterocycles. The number of alkyl halides is 3. The lowest BCUT2D eigenvalue weighted by Crippen LogP contribution is -2.21. The van der Waals surface area contributed by atoms with Crippen LogP contribution < -0.4 is 0 Å². The van der Waals surface area contributed by atoms with E-state index in [0.29, 0.717) is 12.1 Å². The summed E-state index contributed by atoms with van der Waals surface area (Å²) in [5, 5.41) is 3.41. The van der Waals surface area contributed by atoms with Gasteiger partial charge in [0, 0.05) is 18.5 Å². The highest BCUT2D eigenvalue weighted by Crippen LogP contribution is 2.37. The third kappa shape index (κ3) is 3.94. The van der Waals surface area contributed by atoms with Crippen molar-refractivity contribution in [2.24, 2.45) is 5.41 Å². The average molecular weight is 407 g/mol. The maximum absolute atomic E-state index is 12.9. The van der Waals surface area contributed by atoms with Gasteiger partial charge in [0.1, 0.15) is 11.4 Å². The Hall–Kier alpha value is -1.86. The number of hydrogen-bond donors (Lipinski definition) is 0. The van der Waals surface area contributed by atoms with Crippen LogP contribution in [0.1, 0.15) is 54.1 Å². The van der Waals surface area contributed by atoms with Crippen molar-refractivity contribution in [3.63, 3.8) is 0 Å². The zero-order valence-corrected chi connectivity index (χ0v) is 15.8. The van der Waals surface area contributed by atoms with Crippen molar-refractivity contribution in [1.29, 1.82) is 0 Å². The molecule has 0 N–H and O–H groups in total. The van der Waals surface area contributed by atoms with Crippen LogP contribution in [-0.4, -0.2) is 21.3 Å². The zero-order chi connectivity index (χ0) is 20.0. The number of Topliss-reactive ketones (excluding diaryl/α,β-unsaturated/α-hetero) is 2. The van der Waals surface area contributed by atoms with Crippen molar-refractivity contribution in [3.8, 4) is 5.69 Å². The summed E-state index contributed by atoms with van der Waals surface area (Å²) in [5.41, 5.74) is -1.89. The van der Waals surface area contributed by atoms with Gasteiger partial charge in [-0.05, 0) is 12.1 Å². The topological polar surface area (TPSA) is 52.0 Å². The highest BCUT2D eigenvalue weighted by atomic mass is 35.5. The molecule has 140 valence electrons. The van der Waals surface area contributed by atoms with E-state index < -0.39 is 22.9 Å². The second-order valence-corrected chi connectivity index (χ2v) is 7.57. The third-order valence-electron chi connectivity index (χ3n) is 3.55. The molecule has 0 aliphatic carbocycles. The molecular weight excluding hydrogens is 392 g/mol. The molecule has 0 spiro atoms. The van der Waals surface area contributed by atoms with E-state index in [9.17, 15) is 22.8 Å². The first-order chi connectivity index (χ1) is 11.7. The molecule has 9 heteroatoms. The van der Waals surface area contributed by atoms with Gasteiger partial charge in [-0.2, -0.15) is 18.3 Å². The molecular formula is C17H15Cl2F3N2O2. The molecule has 0 atom stereocenters. The van der Waals surface area contributed by atoms with Crippen LogP contribution in [0.4, 0.5) is 13.2 Å². The van der Waals surface area contributed by atoms with Crippen LogP contribution in [0, 0.1) is 5.41 Å². The first-order valence-corrected chi connectivity index (χ1v) is 8.21. The number of hydrogen-bond acceptors (Lipinski definition) is 3. The number of aromatic nitrogens is 2. The fraction of sp³-hybridized carbons (Fsp3) is 0.353. The lowest BCUT2D eigenvalue weighted by molar-refractivity contribution is -0.137. The van der Waals surface area contributed by atoms with Crippen LogP contribution in [0.3, 0.4) is 0 Å². The van der Waals surface area contributed by atoms with Gasteiger partial charge in [0.05, 0.1) is 21.2 Å². The molecule has 0 unspecified atom stereocenters. The van der Waals surface area contributed by atoms with Gasteiger partial charge in [-0.1, -0.05) is 44.0 Å². The molecule has 0 aliphatic rings. The van der Waals surface area contributed by atoms with Gasteiger partial charge in [0.15, 0.2) is 11.6 Å². The van der Waals surface area contributed by atoms with Crippen LogP contribution in [0.5, 0.6) is 0 Å². The van der Waals surface area contributed by atoms with Gasteiger partial charge >= 0.3 is 6.18 Å². The first-order valence-electron chi connectivity index (χ1n) is 7.45. The molecule has 0 fully saturated rings. The van der Waals surface area contributed by atoms with Gasteiger partial charge < -0.3 is 0 Å². The Bertz CT molecular complexity index is 873.